The molecule has 1 aromatic heterocycles. The van der Waals surface area contributed by atoms with Crippen LogP contribution < -0.4 is 5.32 Å². The molecule has 1 aromatic carbocycles. The van der Waals surface area contributed by atoms with E-state index in [0.29, 0.717) is 16.9 Å². The van der Waals surface area contributed by atoms with E-state index in [-0.39, 0.29) is 0 Å². The highest BCUT2D eigenvalue weighted by molar-refractivity contribution is 6.31. The Morgan fingerprint density at radius 2 is 1.59 bits per heavy atom. The van der Waals surface area contributed by atoms with Crippen molar-refractivity contribution in [2.75, 3.05) is 31.5 Å². The second-order valence-corrected chi connectivity index (χ2v) is 7.51. The van der Waals surface area contributed by atoms with E-state index < -0.39 is 0 Å². The average Bonchev–Trinajstić information content (AvgIpc) is 3.35. The minimum absolute atomic E-state index is 0.517. The quantitative estimate of drug-likeness (QED) is 0.694. The maximum Gasteiger partial charge on any atom is 0.0737 e. The van der Waals surface area contributed by atoms with Gasteiger partial charge in [-0.15, -0.1) is 0 Å². The molecular formula is C23H24ClN3. The van der Waals surface area contributed by atoms with Crippen molar-refractivity contribution < 1.29 is 0 Å². The first-order valence-electron chi connectivity index (χ1n) is 9.48. The summed E-state index contributed by atoms with van der Waals surface area (Å²) in [6, 6.07) is 7.89. The molecule has 0 amide bonds. The lowest BCUT2D eigenvalue weighted by Gasteiger charge is -2.26. The molecule has 3 nitrogen and oxygen atoms in total. The highest BCUT2D eigenvalue weighted by Crippen LogP contribution is 2.24. The number of halogens is 1. The standard InChI is InChI=1S/C23H24ClN3/c24-20-9-10-21-22(11-12-25-23(21)15-20)26-13-14-27(16-18-5-1-2-6-18)17-19-7-3-4-8-19/h1-12,15,18-19H,13-14,16-17H2,(H,25,26). The zero-order chi connectivity index (χ0) is 18.5. The molecular weight excluding hydrogens is 354 g/mol. The van der Waals surface area contributed by atoms with Crippen molar-refractivity contribution >= 4 is 28.2 Å². The largest absolute Gasteiger partial charge is 0.383 e. The molecule has 0 radical (unpaired) electrons. The molecule has 0 unspecified atom stereocenters. The molecule has 2 aliphatic carbocycles. The van der Waals surface area contributed by atoms with E-state index in [1.807, 2.05) is 30.5 Å². The third kappa shape index (κ3) is 4.68. The molecule has 27 heavy (non-hydrogen) atoms. The SMILES string of the molecule is Clc1ccc2c(NCCN(CC3C=CC=C3)CC3C=CC=C3)ccnc2c1. The van der Waals surface area contributed by atoms with Gasteiger partial charge in [0, 0.05) is 60.3 Å². The number of allylic oxidation sites excluding steroid dienone is 4. The fourth-order valence-electron chi connectivity index (χ4n) is 3.68. The lowest BCUT2D eigenvalue weighted by atomic mass is 10.1. The van der Waals surface area contributed by atoms with Gasteiger partial charge in [0.25, 0.3) is 0 Å². The van der Waals surface area contributed by atoms with E-state index in [0.717, 1.165) is 42.8 Å². The Balaban J connectivity index is 1.39. The van der Waals surface area contributed by atoms with E-state index in [4.69, 9.17) is 11.6 Å². The van der Waals surface area contributed by atoms with E-state index in [1.165, 1.54) is 0 Å². The van der Waals surface area contributed by atoms with E-state index in [9.17, 15) is 0 Å². The van der Waals surface area contributed by atoms with Gasteiger partial charge in [0.1, 0.15) is 0 Å². The van der Waals surface area contributed by atoms with Gasteiger partial charge in [-0.3, -0.25) is 9.88 Å². The number of benzene rings is 1. The van der Waals surface area contributed by atoms with Gasteiger partial charge in [-0.2, -0.15) is 0 Å². The molecule has 138 valence electrons. The van der Waals surface area contributed by atoms with Gasteiger partial charge in [-0.25, -0.2) is 0 Å². The number of anilines is 1. The lowest BCUT2D eigenvalue weighted by molar-refractivity contribution is 0.259. The van der Waals surface area contributed by atoms with Gasteiger partial charge in [0.05, 0.1) is 5.52 Å². The van der Waals surface area contributed by atoms with E-state index in [1.54, 1.807) is 0 Å². The van der Waals surface area contributed by atoms with E-state index in [2.05, 4.69) is 63.8 Å². The van der Waals surface area contributed by atoms with E-state index >= 15 is 0 Å². The summed E-state index contributed by atoms with van der Waals surface area (Å²) in [7, 11) is 0. The van der Waals surface area contributed by atoms with Crippen LogP contribution in [0.15, 0.2) is 79.1 Å². The van der Waals surface area contributed by atoms with Crippen LogP contribution in [0, 0.1) is 11.8 Å². The van der Waals surface area contributed by atoms with Crippen molar-refractivity contribution in [1.29, 1.82) is 0 Å². The molecule has 0 atom stereocenters. The normalized spacial score (nSPS) is 16.4. The summed E-state index contributed by atoms with van der Waals surface area (Å²) < 4.78 is 0. The summed E-state index contributed by atoms with van der Waals surface area (Å²) in [4.78, 5) is 6.96. The van der Waals surface area contributed by atoms with Crippen LogP contribution >= 0.6 is 11.6 Å². The predicted molar refractivity (Wildman–Crippen MR) is 115 cm³/mol. The summed E-state index contributed by atoms with van der Waals surface area (Å²) in [5.74, 6) is 1.03. The van der Waals surface area contributed by atoms with Crippen molar-refractivity contribution in [3.05, 3.63) is 84.1 Å². The van der Waals surface area contributed by atoms with Crippen LogP contribution in [0.4, 0.5) is 5.69 Å². The number of hydrogen-bond donors (Lipinski definition) is 1. The Morgan fingerprint density at radius 1 is 0.926 bits per heavy atom. The van der Waals surface area contributed by atoms with Crippen LogP contribution in [0.25, 0.3) is 10.9 Å². The molecule has 1 heterocycles. The van der Waals surface area contributed by atoms with Crippen molar-refractivity contribution in [2.45, 2.75) is 0 Å². The molecule has 0 bridgehead atoms. The number of fused-ring (bicyclic) bond motifs is 1. The number of aromatic nitrogens is 1. The predicted octanol–water partition coefficient (Wildman–Crippen LogP) is 5.09. The summed E-state index contributed by atoms with van der Waals surface area (Å²) in [6.07, 6.45) is 19.5. The van der Waals surface area contributed by atoms with Crippen LogP contribution in [0.3, 0.4) is 0 Å². The number of nitrogens with one attached hydrogen (secondary N) is 1. The number of pyridine rings is 1. The fourth-order valence-corrected chi connectivity index (χ4v) is 3.84. The number of rotatable bonds is 8. The maximum atomic E-state index is 6.09. The van der Waals surface area contributed by atoms with Crippen LogP contribution in [-0.2, 0) is 0 Å². The van der Waals surface area contributed by atoms with Gasteiger partial charge >= 0.3 is 0 Å². The summed E-state index contributed by atoms with van der Waals surface area (Å²) in [6.45, 7) is 3.99. The molecule has 4 rings (SSSR count). The Kier molecular flexibility index (Phi) is 5.71. The molecule has 0 aliphatic heterocycles. The molecule has 0 saturated heterocycles. The summed E-state index contributed by atoms with van der Waals surface area (Å²) in [5, 5.41) is 5.42. The number of nitrogens with zero attached hydrogens (tertiary/aromatic N) is 2. The monoisotopic (exact) mass is 377 g/mol. The van der Waals surface area contributed by atoms with Crippen LogP contribution in [0.1, 0.15) is 0 Å². The Labute approximate surface area is 165 Å². The van der Waals surface area contributed by atoms with Gasteiger partial charge in [-0.05, 0) is 24.3 Å². The Hall–Kier alpha value is -2.36. The number of hydrogen-bond acceptors (Lipinski definition) is 3. The van der Waals surface area contributed by atoms with Gasteiger partial charge < -0.3 is 5.32 Å². The first-order valence-corrected chi connectivity index (χ1v) is 9.86. The topological polar surface area (TPSA) is 28.2 Å². The zero-order valence-electron chi connectivity index (χ0n) is 15.3. The third-order valence-electron chi connectivity index (χ3n) is 5.04. The molecule has 2 aliphatic rings. The average molecular weight is 378 g/mol. The van der Waals surface area contributed by atoms with Crippen molar-refractivity contribution in [2.24, 2.45) is 11.8 Å². The molecule has 1 N–H and O–H groups in total. The van der Waals surface area contributed by atoms with Crippen molar-refractivity contribution in [3.8, 4) is 0 Å². The second kappa shape index (κ2) is 8.55. The van der Waals surface area contributed by atoms with Crippen LogP contribution in [-0.4, -0.2) is 36.1 Å². The maximum absolute atomic E-state index is 6.09. The van der Waals surface area contributed by atoms with Crippen molar-refractivity contribution in [1.82, 2.24) is 9.88 Å². The summed E-state index contributed by atoms with van der Waals surface area (Å²) >= 11 is 6.09. The van der Waals surface area contributed by atoms with Crippen LogP contribution in [0.2, 0.25) is 5.02 Å². The van der Waals surface area contributed by atoms with Gasteiger partial charge in [-0.1, -0.05) is 60.2 Å². The molecule has 0 fully saturated rings. The smallest absolute Gasteiger partial charge is 0.0737 e. The first kappa shape index (κ1) is 18.0. The third-order valence-corrected chi connectivity index (χ3v) is 5.28. The molecule has 0 spiro atoms. The minimum atomic E-state index is 0.517. The highest BCUT2D eigenvalue weighted by Gasteiger charge is 2.15. The Bertz CT molecular complexity index is 859. The lowest BCUT2D eigenvalue weighted by Crippen LogP contribution is -2.35. The zero-order valence-corrected chi connectivity index (χ0v) is 16.0. The van der Waals surface area contributed by atoms with Crippen molar-refractivity contribution in [3.63, 3.8) is 0 Å². The van der Waals surface area contributed by atoms with Crippen LogP contribution in [0.5, 0.6) is 0 Å². The molecule has 4 heteroatoms. The molecule has 2 aromatic rings. The second-order valence-electron chi connectivity index (χ2n) is 7.07. The highest BCUT2D eigenvalue weighted by atomic mass is 35.5. The van der Waals surface area contributed by atoms with Gasteiger partial charge in [0.15, 0.2) is 0 Å². The molecule has 0 saturated carbocycles. The first-order chi connectivity index (χ1) is 13.3. The van der Waals surface area contributed by atoms with Gasteiger partial charge in [0.2, 0.25) is 0 Å². The Morgan fingerprint density at radius 3 is 2.26 bits per heavy atom. The summed E-state index contributed by atoms with van der Waals surface area (Å²) in [5.41, 5.74) is 2.03. The minimum Gasteiger partial charge on any atom is -0.383 e. The fraction of sp³-hybridized carbons (Fsp3) is 0.261.